The van der Waals surface area contributed by atoms with Crippen LogP contribution in [0.4, 0.5) is 4.79 Å². The van der Waals surface area contributed by atoms with E-state index in [-0.39, 0.29) is 18.2 Å². The molecule has 2 unspecified atom stereocenters. The Morgan fingerprint density at radius 3 is 2.65 bits per heavy atom. The van der Waals surface area contributed by atoms with Crippen LogP contribution in [-0.2, 0) is 9.53 Å². The summed E-state index contributed by atoms with van der Waals surface area (Å²) in [4.78, 5) is 24.9. The monoisotopic (exact) mass is 284 g/mol. The fourth-order valence-electron chi connectivity index (χ4n) is 2.93. The number of carbonyl (C=O) groups is 2. The van der Waals surface area contributed by atoms with Gasteiger partial charge in [-0.2, -0.15) is 0 Å². The van der Waals surface area contributed by atoms with Gasteiger partial charge in [-0.3, -0.25) is 0 Å². The van der Waals surface area contributed by atoms with Crippen LogP contribution in [0.2, 0.25) is 0 Å². The maximum Gasteiger partial charge on any atom is 0.326 e. The molecule has 0 aromatic rings. The van der Waals surface area contributed by atoms with Crippen molar-refractivity contribution in [2.24, 2.45) is 5.92 Å². The zero-order valence-corrected chi connectivity index (χ0v) is 12.2. The van der Waals surface area contributed by atoms with Crippen LogP contribution in [-0.4, -0.2) is 53.3 Å². The number of hydrogen-bond donors (Lipinski definition) is 2. The number of carbonyl (C=O) groups excluding carboxylic acids is 1. The van der Waals surface area contributed by atoms with Gasteiger partial charge in [-0.25, -0.2) is 9.59 Å². The molecule has 2 atom stereocenters. The van der Waals surface area contributed by atoms with E-state index in [1.807, 2.05) is 13.8 Å². The first-order chi connectivity index (χ1) is 9.51. The van der Waals surface area contributed by atoms with E-state index >= 15 is 0 Å². The summed E-state index contributed by atoms with van der Waals surface area (Å²) in [6.07, 6.45) is 3.28. The average molecular weight is 284 g/mol. The van der Waals surface area contributed by atoms with Gasteiger partial charge in [0.1, 0.15) is 6.04 Å². The fraction of sp³-hybridized carbons (Fsp3) is 0.857. The van der Waals surface area contributed by atoms with E-state index in [0.29, 0.717) is 25.5 Å². The lowest BCUT2D eigenvalue weighted by molar-refractivity contribution is -0.143. The van der Waals surface area contributed by atoms with E-state index in [4.69, 9.17) is 4.74 Å². The molecule has 2 rings (SSSR count). The molecule has 0 aromatic carbocycles. The second-order valence-electron chi connectivity index (χ2n) is 5.87. The zero-order valence-electron chi connectivity index (χ0n) is 12.2. The summed E-state index contributed by atoms with van der Waals surface area (Å²) in [5.74, 6) is -0.557. The van der Waals surface area contributed by atoms with Crippen molar-refractivity contribution in [3.63, 3.8) is 0 Å². The van der Waals surface area contributed by atoms with Crippen molar-refractivity contribution in [1.29, 1.82) is 0 Å². The molecule has 6 nitrogen and oxygen atoms in total. The molecule has 6 heteroatoms. The summed E-state index contributed by atoms with van der Waals surface area (Å²) in [7, 11) is 0. The fourth-order valence-corrected chi connectivity index (χ4v) is 2.93. The molecule has 2 fully saturated rings. The Balaban J connectivity index is 1.83. The largest absolute Gasteiger partial charge is 0.480 e. The minimum atomic E-state index is -0.910. The first-order valence-electron chi connectivity index (χ1n) is 7.42. The maximum atomic E-state index is 12.2. The Bertz CT molecular complexity index is 368. The molecule has 1 saturated heterocycles. The van der Waals surface area contributed by atoms with Crippen molar-refractivity contribution in [3.8, 4) is 0 Å². The summed E-state index contributed by atoms with van der Waals surface area (Å²) in [5, 5.41) is 12.2. The lowest BCUT2D eigenvalue weighted by Gasteiger charge is -2.40. The number of likely N-dealkylation sites (tertiary alicyclic amines) is 1. The molecule has 1 aliphatic heterocycles. The zero-order chi connectivity index (χ0) is 14.7. The van der Waals surface area contributed by atoms with E-state index in [2.05, 4.69) is 5.32 Å². The molecule has 0 bridgehead atoms. The number of aliphatic carboxylic acids is 1. The molecule has 2 aliphatic rings. The lowest BCUT2D eigenvalue weighted by Crippen LogP contribution is -2.57. The highest BCUT2D eigenvalue weighted by atomic mass is 16.5. The van der Waals surface area contributed by atoms with Crippen molar-refractivity contribution in [2.45, 2.75) is 57.7 Å². The molecule has 0 aromatic heterocycles. The molecular formula is C14H24N2O4. The number of carboxylic acid groups (broad SMARTS) is 1. The molecular weight excluding hydrogens is 260 g/mol. The molecule has 114 valence electrons. The quantitative estimate of drug-likeness (QED) is 0.819. The van der Waals surface area contributed by atoms with Gasteiger partial charge >= 0.3 is 12.0 Å². The van der Waals surface area contributed by atoms with Gasteiger partial charge in [-0.05, 0) is 38.5 Å². The van der Waals surface area contributed by atoms with Crippen LogP contribution in [0, 0.1) is 5.92 Å². The number of nitrogens with one attached hydrogen (secondary N) is 1. The summed E-state index contributed by atoms with van der Waals surface area (Å²) in [6.45, 7) is 5.20. The summed E-state index contributed by atoms with van der Waals surface area (Å²) < 4.78 is 5.45. The Labute approximate surface area is 119 Å². The van der Waals surface area contributed by atoms with Gasteiger partial charge in [0.15, 0.2) is 0 Å². The van der Waals surface area contributed by atoms with Gasteiger partial charge < -0.3 is 20.1 Å². The molecule has 0 spiro atoms. The molecule has 20 heavy (non-hydrogen) atoms. The lowest BCUT2D eigenvalue weighted by atomic mass is 9.89. The minimum absolute atomic E-state index is 0.118. The number of piperidine rings is 1. The number of urea groups is 1. The van der Waals surface area contributed by atoms with Crippen LogP contribution >= 0.6 is 0 Å². The van der Waals surface area contributed by atoms with Crippen LogP contribution in [0.5, 0.6) is 0 Å². The molecule has 2 amide bonds. The van der Waals surface area contributed by atoms with E-state index in [0.717, 1.165) is 19.3 Å². The number of nitrogens with zero attached hydrogens (tertiary/aromatic N) is 1. The number of amides is 2. The van der Waals surface area contributed by atoms with Gasteiger partial charge in [-0.1, -0.05) is 6.92 Å². The van der Waals surface area contributed by atoms with E-state index in [9.17, 15) is 14.7 Å². The summed E-state index contributed by atoms with van der Waals surface area (Å²) >= 11 is 0. The minimum Gasteiger partial charge on any atom is -0.480 e. The topological polar surface area (TPSA) is 78.9 Å². The molecule has 2 N–H and O–H groups in total. The van der Waals surface area contributed by atoms with Gasteiger partial charge in [0.2, 0.25) is 0 Å². The van der Waals surface area contributed by atoms with Crippen LogP contribution in [0.3, 0.4) is 0 Å². The van der Waals surface area contributed by atoms with Crippen molar-refractivity contribution < 1.29 is 19.4 Å². The standard InChI is InChI=1S/C14H24N2O4/c1-3-20-11-7-10(8-11)15-14(19)16-5-4-9(2)6-12(16)13(17)18/h9-12H,3-8H2,1-2H3,(H,15,19)(H,17,18). The second-order valence-corrected chi connectivity index (χ2v) is 5.87. The van der Waals surface area contributed by atoms with Crippen LogP contribution in [0.25, 0.3) is 0 Å². The highest BCUT2D eigenvalue weighted by Crippen LogP contribution is 2.26. The van der Waals surface area contributed by atoms with Crippen LogP contribution < -0.4 is 5.32 Å². The van der Waals surface area contributed by atoms with Gasteiger partial charge in [-0.15, -0.1) is 0 Å². The van der Waals surface area contributed by atoms with E-state index in [1.54, 1.807) is 0 Å². The predicted molar refractivity (Wildman–Crippen MR) is 73.5 cm³/mol. The van der Waals surface area contributed by atoms with Crippen molar-refractivity contribution in [1.82, 2.24) is 10.2 Å². The van der Waals surface area contributed by atoms with Crippen molar-refractivity contribution >= 4 is 12.0 Å². The second kappa shape index (κ2) is 6.43. The third-order valence-corrected chi connectivity index (χ3v) is 4.24. The van der Waals surface area contributed by atoms with Gasteiger partial charge in [0.05, 0.1) is 6.10 Å². The SMILES string of the molecule is CCOC1CC(NC(=O)N2CCC(C)CC2C(=O)O)C1. The predicted octanol–water partition coefficient (Wildman–Crippen LogP) is 1.45. The van der Waals surface area contributed by atoms with E-state index < -0.39 is 12.0 Å². The number of ether oxygens (including phenoxy) is 1. The Hall–Kier alpha value is -1.30. The number of carboxylic acids is 1. The average Bonchev–Trinajstić information content (AvgIpc) is 2.35. The first kappa shape index (κ1) is 15.1. The maximum absolute atomic E-state index is 12.2. The molecule has 1 aliphatic carbocycles. The Morgan fingerprint density at radius 2 is 2.05 bits per heavy atom. The molecule has 1 saturated carbocycles. The summed E-state index contributed by atoms with van der Waals surface area (Å²) in [6, 6.07) is -0.821. The Morgan fingerprint density at radius 1 is 1.35 bits per heavy atom. The highest BCUT2D eigenvalue weighted by molar-refractivity contribution is 5.83. The third kappa shape index (κ3) is 3.42. The van der Waals surface area contributed by atoms with Crippen LogP contribution in [0.15, 0.2) is 0 Å². The number of rotatable bonds is 4. The van der Waals surface area contributed by atoms with Crippen LogP contribution in [0.1, 0.15) is 39.5 Å². The smallest absolute Gasteiger partial charge is 0.326 e. The van der Waals surface area contributed by atoms with Crippen molar-refractivity contribution in [3.05, 3.63) is 0 Å². The number of hydrogen-bond acceptors (Lipinski definition) is 3. The molecule has 1 heterocycles. The normalized spacial score (nSPS) is 33.4. The van der Waals surface area contributed by atoms with Crippen molar-refractivity contribution in [2.75, 3.05) is 13.2 Å². The molecule has 0 radical (unpaired) electrons. The highest BCUT2D eigenvalue weighted by Gasteiger charge is 2.37. The van der Waals surface area contributed by atoms with Gasteiger partial charge in [0, 0.05) is 19.2 Å². The Kier molecular flexibility index (Phi) is 4.86. The third-order valence-electron chi connectivity index (χ3n) is 4.24. The first-order valence-corrected chi connectivity index (χ1v) is 7.42. The van der Waals surface area contributed by atoms with E-state index in [1.165, 1.54) is 4.90 Å². The summed E-state index contributed by atoms with van der Waals surface area (Å²) in [5.41, 5.74) is 0. The van der Waals surface area contributed by atoms with Gasteiger partial charge in [0.25, 0.3) is 0 Å².